The topological polar surface area (TPSA) is 98.3 Å². The lowest BCUT2D eigenvalue weighted by Crippen LogP contribution is -2.11. The van der Waals surface area contributed by atoms with Crippen LogP contribution in [0.2, 0.25) is 0 Å². The summed E-state index contributed by atoms with van der Waals surface area (Å²) in [5.74, 6) is 0.217. The average molecular weight is 325 g/mol. The fourth-order valence-electron chi connectivity index (χ4n) is 2.36. The quantitative estimate of drug-likeness (QED) is 0.561. The first-order valence-corrected chi connectivity index (χ1v) is 7.52. The predicted molar refractivity (Wildman–Crippen MR) is 89.6 cm³/mol. The first-order valence-electron chi connectivity index (χ1n) is 7.52. The highest BCUT2D eigenvalue weighted by atomic mass is 16.6. The van der Waals surface area contributed by atoms with E-state index in [2.05, 4.69) is 10.3 Å². The summed E-state index contributed by atoms with van der Waals surface area (Å²) in [5.41, 5.74) is 2.01. The number of para-hydroxylation sites is 1. The van der Waals surface area contributed by atoms with Gasteiger partial charge in [0, 0.05) is 12.5 Å². The number of rotatable bonds is 5. The number of amides is 1. The molecule has 7 heteroatoms. The second-order valence-electron chi connectivity index (χ2n) is 5.27. The minimum Gasteiger partial charge on any atom is -0.436 e. The molecule has 0 aliphatic carbocycles. The third-order valence-electron chi connectivity index (χ3n) is 3.49. The van der Waals surface area contributed by atoms with Crippen molar-refractivity contribution in [3.05, 3.63) is 52.6 Å². The largest absolute Gasteiger partial charge is 0.436 e. The van der Waals surface area contributed by atoms with E-state index in [0.717, 1.165) is 6.42 Å². The molecule has 0 aliphatic rings. The lowest BCUT2D eigenvalue weighted by Gasteiger charge is -2.08. The molecular weight excluding hydrogens is 310 g/mol. The van der Waals surface area contributed by atoms with Gasteiger partial charge >= 0.3 is 0 Å². The minimum absolute atomic E-state index is 0.0604. The number of nitrogens with one attached hydrogen (secondary N) is 1. The summed E-state index contributed by atoms with van der Waals surface area (Å²) < 4.78 is 5.66. The normalized spacial score (nSPS) is 10.7. The number of non-ortho nitro benzene ring substituents is 1. The summed E-state index contributed by atoms with van der Waals surface area (Å²) in [4.78, 5) is 26.6. The zero-order valence-electron chi connectivity index (χ0n) is 13.0. The second-order valence-corrected chi connectivity index (χ2v) is 5.27. The summed E-state index contributed by atoms with van der Waals surface area (Å²) in [6, 6.07) is 11.4. The number of oxazole rings is 1. The molecule has 0 bridgehead atoms. The molecule has 1 N–H and O–H groups in total. The van der Waals surface area contributed by atoms with E-state index >= 15 is 0 Å². The highest BCUT2D eigenvalue weighted by Crippen LogP contribution is 2.31. The Morgan fingerprint density at radius 2 is 2.08 bits per heavy atom. The molecule has 0 fully saturated rings. The molecule has 2 aromatic carbocycles. The number of nitrogens with zero attached hydrogens (tertiary/aromatic N) is 2. The average Bonchev–Trinajstić information content (AvgIpc) is 2.98. The van der Waals surface area contributed by atoms with Crippen LogP contribution >= 0.6 is 0 Å². The molecule has 1 aromatic heterocycles. The molecule has 24 heavy (non-hydrogen) atoms. The van der Waals surface area contributed by atoms with Crippen LogP contribution < -0.4 is 5.32 Å². The zero-order chi connectivity index (χ0) is 17.1. The van der Waals surface area contributed by atoms with E-state index in [0.29, 0.717) is 34.7 Å². The smallest absolute Gasteiger partial charge is 0.273 e. The van der Waals surface area contributed by atoms with Crippen molar-refractivity contribution in [1.82, 2.24) is 4.98 Å². The predicted octanol–water partition coefficient (Wildman–Crippen LogP) is 4.14. The van der Waals surface area contributed by atoms with E-state index in [1.54, 1.807) is 24.3 Å². The van der Waals surface area contributed by atoms with Crippen LogP contribution in [0.15, 0.2) is 46.9 Å². The van der Waals surface area contributed by atoms with Crippen molar-refractivity contribution in [1.29, 1.82) is 0 Å². The first-order chi connectivity index (χ1) is 11.6. The van der Waals surface area contributed by atoms with E-state index < -0.39 is 4.92 Å². The Morgan fingerprint density at radius 1 is 1.29 bits per heavy atom. The molecule has 3 aromatic rings. The van der Waals surface area contributed by atoms with Gasteiger partial charge in [-0.15, -0.1) is 0 Å². The fraction of sp³-hybridized carbons (Fsp3) is 0.176. The van der Waals surface area contributed by atoms with Crippen LogP contribution in [0, 0.1) is 10.1 Å². The number of benzene rings is 2. The van der Waals surface area contributed by atoms with Gasteiger partial charge in [0.25, 0.3) is 5.69 Å². The van der Waals surface area contributed by atoms with Crippen molar-refractivity contribution in [3.63, 3.8) is 0 Å². The Kier molecular flexibility index (Phi) is 4.24. The SMILES string of the molecule is CCCC(=O)Nc1ccccc1-c1nc2ccc([N+](=O)[O-])cc2o1. The van der Waals surface area contributed by atoms with Gasteiger partial charge in [0.05, 0.1) is 22.2 Å². The molecule has 0 unspecified atom stereocenters. The van der Waals surface area contributed by atoms with E-state index in [1.807, 2.05) is 13.0 Å². The van der Waals surface area contributed by atoms with Crippen LogP contribution in [0.1, 0.15) is 19.8 Å². The minimum atomic E-state index is -0.486. The van der Waals surface area contributed by atoms with Gasteiger partial charge in [-0.1, -0.05) is 19.1 Å². The number of hydrogen-bond donors (Lipinski definition) is 1. The number of carbonyl (C=O) groups excluding carboxylic acids is 1. The molecule has 1 heterocycles. The molecule has 0 saturated carbocycles. The van der Waals surface area contributed by atoms with Gasteiger partial charge in [-0.3, -0.25) is 14.9 Å². The summed E-state index contributed by atoms with van der Waals surface area (Å²) in [6.07, 6.45) is 1.18. The van der Waals surface area contributed by atoms with Gasteiger partial charge in [0.2, 0.25) is 11.8 Å². The van der Waals surface area contributed by atoms with Crippen LogP contribution in [0.25, 0.3) is 22.6 Å². The summed E-state index contributed by atoms with van der Waals surface area (Å²) >= 11 is 0. The van der Waals surface area contributed by atoms with Gasteiger partial charge < -0.3 is 9.73 Å². The van der Waals surface area contributed by atoms with Crippen LogP contribution in [-0.4, -0.2) is 15.8 Å². The molecule has 7 nitrogen and oxygen atoms in total. The van der Waals surface area contributed by atoms with Crippen LogP contribution in [-0.2, 0) is 4.79 Å². The number of hydrogen-bond acceptors (Lipinski definition) is 5. The molecule has 0 radical (unpaired) electrons. The Bertz CT molecular complexity index is 917. The summed E-state index contributed by atoms with van der Waals surface area (Å²) in [6.45, 7) is 1.93. The molecule has 3 rings (SSSR count). The Morgan fingerprint density at radius 3 is 2.83 bits per heavy atom. The third kappa shape index (κ3) is 3.10. The number of aromatic nitrogens is 1. The van der Waals surface area contributed by atoms with Crippen molar-refractivity contribution in [2.75, 3.05) is 5.32 Å². The first kappa shape index (κ1) is 15.7. The lowest BCUT2D eigenvalue weighted by molar-refractivity contribution is -0.384. The van der Waals surface area contributed by atoms with E-state index in [-0.39, 0.29) is 11.6 Å². The van der Waals surface area contributed by atoms with Gasteiger partial charge in [-0.25, -0.2) is 4.98 Å². The fourth-order valence-corrected chi connectivity index (χ4v) is 2.36. The molecule has 0 atom stereocenters. The Hall–Kier alpha value is -3.22. The maximum absolute atomic E-state index is 11.9. The maximum atomic E-state index is 11.9. The lowest BCUT2D eigenvalue weighted by atomic mass is 10.1. The third-order valence-corrected chi connectivity index (χ3v) is 3.49. The summed E-state index contributed by atoms with van der Waals surface area (Å²) in [5, 5.41) is 13.7. The van der Waals surface area contributed by atoms with Crippen LogP contribution in [0.3, 0.4) is 0 Å². The van der Waals surface area contributed by atoms with Gasteiger partial charge in [0.15, 0.2) is 5.58 Å². The number of nitro benzene ring substituents is 1. The second kappa shape index (κ2) is 6.49. The monoisotopic (exact) mass is 325 g/mol. The number of anilines is 1. The van der Waals surface area contributed by atoms with E-state index in [1.165, 1.54) is 12.1 Å². The molecule has 0 aliphatic heterocycles. The van der Waals surface area contributed by atoms with Crippen LogP contribution in [0.5, 0.6) is 0 Å². The van der Waals surface area contributed by atoms with E-state index in [4.69, 9.17) is 4.42 Å². The molecule has 0 spiro atoms. The highest BCUT2D eigenvalue weighted by Gasteiger charge is 2.16. The van der Waals surface area contributed by atoms with Crippen LogP contribution in [0.4, 0.5) is 11.4 Å². The van der Waals surface area contributed by atoms with E-state index in [9.17, 15) is 14.9 Å². The van der Waals surface area contributed by atoms with Gasteiger partial charge in [-0.2, -0.15) is 0 Å². The number of carbonyl (C=O) groups is 1. The zero-order valence-corrected chi connectivity index (χ0v) is 13.0. The molecule has 122 valence electrons. The Labute approximate surface area is 137 Å². The van der Waals surface area contributed by atoms with Crippen molar-refractivity contribution < 1.29 is 14.1 Å². The standard InChI is InChI=1S/C17H15N3O4/c1-2-5-16(21)18-13-7-4-3-6-12(13)17-19-14-9-8-11(20(22)23)10-15(14)24-17/h3-4,6-10H,2,5H2,1H3,(H,18,21). The molecular formula is C17H15N3O4. The number of fused-ring (bicyclic) bond motifs is 1. The Balaban J connectivity index is 2.01. The van der Waals surface area contributed by atoms with Gasteiger partial charge in [-0.05, 0) is 24.6 Å². The van der Waals surface area contributed by atoms with Crippen molar-refractivity contribution in [2.24, 2.45) is 0 Å². The van der Waals surface area contributed by atoms with Gasteiger partial charge in [0.1, 0.15) is 5.52 Å². The number of nitro groups is 1. The summed E-state index contributed by atoms with van der Waals surface area (Å²) in [7, 11) is 0. The highest BCUT2D eigenvalue weighted by molar-refractivity contribution is 5.95. The van der Waals surface area contributed by atoms with Crippen molar-refractivity contribution in [3.8, 4) is 11.5 Å². The maximum Gasteiger partial charge on any atom is 0.273 e. The molecule has 1 amide bonds. The molecule has 0 saturated heterocycles. The van der Waals surface area contributed by atoms with Crippen molar-refractivity contribution >= 4 is 28.4 Å². The van der Waals surface area contributed by atoms with Crippen molar-refractivity contribution in [2.45, 2.75) is 19.8 Å².